The van der Waals surface area contributed by atoms with Crippen LogP contribution in [0.15, 0.2) is 46.7 Å². The topological polar surface area (TPSA) is 55.7 Å². The third-order valence-corrected chi connectivity index (χ3v) is 4.55. The van der Waals surface area contributed by atoms with Gasteiger partial charge in [0.1, 0.15) is 23.4 Å². The van der Waals surface area contributed by atoms with E-state index >= 15 is 0 Å². The predicted octanol–water partition coefficient (Wildman–Crippen LogP) is 4.96. The molecule has 1 unspecified atom stereocenters. The molecule has 7 heteroatoms. The van der Waals surface area contributed by atoms with Gasteiger partial charge >= 0.3 is 0 Å². The molecular weight excluding hydrogens is 426 g/mol. The quantitative estimate of drug-likeness (QED) is 0.203. The normalized spacial score (nSPS) is 12.8. The number of aromatic nitrogens is 1. The van der Waals surface area contributed by atoms with Crippen LogP contribution in [-0.2, 0) is 4.84 Å². The zero-order valence-electron chi connectivity index (χ0n) is 16.0. The minimum Gasteiger partial charge on any atom is -0.484 e. The molecule has 0 amide bonds. The zero-order chi connectivity index (χ0) is 20.0. The summed E-state index contributed by atoms with van der Waals surface area (Å²) in [6.45, 7) is 11.8. The van der Waals surface area contributed by atoms with Crippen molar-refractivity contribution in [2.24, 2.45) is 5.16 Å². The molecule has 1 aromatic carbocycles. The molecule has 0 radical (unpaired) electrons. The third-order valence-electron chi connectivity index (χ3n) is 3.68. The van der Waals surface area contributed by atoms with Gasteiger partial charge in [0, 0.05) is 16.1 Å². The Labute approximate surface area is 174 Å². The predicted molar refractivity (Wildman–Crippen MR) is 119 cm³/mol. The van der Waals surface area contributed by atoms with Gasteiger partial charge in [0.05, 0.1) is 17.3 Å². The molecule has 0 spiro atoms. The molecule has 0 fully saturated rings. The van der Waals surface area contributed by atoms with Crippen molar-refractivity contribution in [3.05, 3.63) is 47.1 Å². The van der Waals surface area contributed by atoms with Gasteiger partial charge in [-0.25, -0.2) is 0 Å². The second-order valence-corrected chi connectivity index (χ2v) is 8.11. The van der Waals surface area contributed by atoms with Crippen molar-refractivity contribution >= 4 is 50.3 Å². The molecule has 1 heterocycles. The van der Waals surface area contributed by atoms with Crippen LogP contribution in [0.5, 0.6) is 5.75 Å². The van der Waals surface area contributed by atoms with Crippen LogP contribution in [-0.4, -0.2) is 34.4 Å². The van der Waals surface area contributed by atoms with Crippen molar-refractivity contribution < 1.29 is 9.57 Å². The van der Waals surface area contributed by atoms with Crippen LogP contribution in [0.4, 0.5) is 0 Å². The summed E-state index contributed by atoms with van der Waals surface area (Å²) < 4.78 is 6.99. The minimum absolute atomic E-state index is 0.307. The molecule has 0 aliphatic rings. The SMILES string of the molecule is C=CCON=CC(C)(C)NC(=S)C(C)Oc1cc(C)c2ncc(Br)cc2c1. The van der Waals surface area contributed by atoms with Gasteiger partial charge in [0.15, 0.2) is 0 Å². The molecule has 2 rings (SSSR count). The summed E-state index contributed by atoms with van der Waals surface area (Å²) >= 11 is 8.96. The number of benzene rings is 1. The van der Waals surface area contributed by atoms with Crippen LogP contribution < -0.4 is 10.1 Å². The molecule has 1 N–H and O–H groups in total. The summed E-state index contributed by atoms with van der Waals surface area (Å²) in [4.78, 5) is 10.1. The average Bonchev–Trinajstić information content (AvgIpc) is 2.58. The van der Waals surface area contributed by atoms with Crippen LogP contribution in [0.3, 0.4) is 0 Å². The number of nitrogens with one attached hydrogen (secondary N) is 1. The van der Waals surface area contributed by atoms with E-state index in [-0.39, 0.29) is 6.10 Å². The van der Waals surface area contributed by atoms with Crippen LogP contribution in [0.1, 0.15) is 26.3 Å². The van der Waals surface area contributed by atoms with Crippen LogP contribution in [0, 0.1) is 6.92 Å². The highest BCUT2D eigenvalue weighted by atomic mass is 79.9. The van der Waals surface area contributed by atoms with Crippen molar-refractivity contribution in [3.8, 4) is 5.75 Å². The second-order valence-electron chi connectivity index (χ2n) is 6.76. The van der Waals surface area contributed by atoms with Gasteiger partial charge in [-0.05, 0) is 67.4 Å². The lowest BCUT2D eigenvalue weighted by Gasteiger charge is -2.26. The summed E-state index contributed by atoms with van der Waals surface area (Å²) in [7, 11) is 0. The van der Waals surface area contributed by atoms with Gasteiger partial charge in [0.2, 0.25) is 0 Å². The van der Waals surface area contributed by atoms with Crippen molar-refractivity contribution in [2.75, 3.05) is 6.61 Å². The smallest absolute Gasteiger partial charge is 0.146 e. The first-order chi connectivity index (χ1) is 12.7. The molecule has 2 aromatic rings. The van der Waals surface area contributed by atoms with Crippen molar-refractivity contribution in [1.82, 2.24) is 10.3 Å². The number of rotatable bonds is 8. The van der Waals surface area contributed by atoms with Gasteiger partial charge in [-0.15, -0.1) is 0 Å². The maximum atomic E-state index is 6.06. The Morgan fingerprint density at radius 2 is 2.19 bits per heavy atom. The third kappa shape index (κ3) is 6.29. The van der Waals surface area contributed by atoms with Crippen molar-refractivity contribution in [3.63, 3.8) is 0 Å². The monoisotopic (exact) mass is 449 g/mol. The van der Waals surface area contributed by atoms with E-state index < -0.39 is 5.54 Å². The Morgan fingerprint density at radius 3 is 2.89 bits per heavy atom. The van der Waals surface area contributed by atoms with Gasteiger partial charge in [-0.2, -0.15) is 0 Å². The largest absolute Gasteiger partial charge is 0.484 e. The van der Waals surface area contributed by atoms with E-state index in [1.165, 1.54) is 0 Å². The number of fused-ring (bicyclic) bond motifs is 1. The second kappa shape index (κ2) is 9.28. The van der Waals surface area contributed by atoms with E-state index in [1.807, 2.05) is 45.9 Å². The highest BCUT2D eigenvalue weighted by molar-refractivity contribution is 9.10. The molecule has 0 saturated carbocycles. The lowest BCUT2D eigenvalue weighted by molar-refractivity contribution is 0.174. The van der Waals surface area contributed by atoms with Crippen molar-refractivity contribution in [2.45, 2.75) is 39.3 Å². The Morgan fingerprint density at radius 1 is 1.44 bits per heavy atom. The highest BCUT2D eigenvalue weighted by Gasteiger charge is 2.21. The first kappa shape index (κ1) is 21.3. The van der Waals surface area contributed by atoms with E-state index in [0.29, 0.717) is 11.6 Å². The van der Waals surface area contributed by atoms with Gasteiger partial charge in [-0.1, -0.05) is 30.0 Å². The Hall–Kier alpha value is -1.99. The van der Waals surface area contributed by atoms with E-state index in [9.17, 15) is 0 Å². The van der Waals surface area contributed by atoms with E-state index in [1.54, 1.807) is 18.5 Å². The molecule has 27 heavy (non-hydrogen) atoms. The molecule has 0 aliphatic heterocycles. The molecular formula is C20H24BrN3O2S. The lowest BCUT2D eigenvalue weighted by atomic mass is 10.1. The maximum absolute atomic E-state index is 6.06. The summed E-state index contributed by atoms with van der Waals surface area (Å²) in [5.74, 6) is 0.748. The van der Waals surface area contributed by atoms with Gasteiger partial charge < -0.3 is 14.9 Å². The molecule has 0 bridgehead atoms. The fourth-order valence-corrected chi connectivity index (χ4v) is 3.07. The Kier molecular flexibility index (Phi) is 7.33. The van der Waals surface area contributed by atoms with Gasteiger partial charge in [0.25, 0.3) is 0 Å². The summed E-state index contributed by atoms with van der Waals surface area (Å²) in [6.07, 6.45) is 4.79. The average molecular weight is 450 g/mol. The van der Waals surface area contributed by atoms with Crippen LogP contribution in [0.25, 0.3) is 10.9 Å². The van der Waals surface area contributed by atoms with E-state index in [2.05, 4.69) is 38.0 Å². The molecule has 0 saturated heterocycles. The summed E-state index contributed by atoms with van der Waals surface area (Å²) in [6, 6.07) is 5.96. The maximum Gasteiger partial charge on any atom is 0.146 e. The molecule has 0 aliphatic carbocycles. The number of hydrogen-bond donors (Lipinski definition) is 1. The van der Waals surface area contributed by atoms with Crippen molar-refractivity contribution in [1.29, 1.82) is 0 Å². The summed E-state index contributed by atoms with van der Waals surface area (Å²) in [5, 5.41) is 8.17. The van der Waals surface area contributed by atoms with Crippen LogP contribution in [0.2, 0.25) is 0 Å². The number of halogens is 1. The standard InChI is InChI=1S/C20H24BrN3O2S/c1-6-7-25-23-12-20(4,5)24-19(27)14(3)26-17-8-13(2)18-15(10-17)9-16(21)11-22-18/h6,8-12,14H,1,7H2,2-5H3,(H,24,27). The molecule has 144 valence electrons. The molecule has 1 atom stereocenters. The molecule has 1 aromatic heterocycles. The number of ether oxygens (including phenoxy) is 1. The number of nitrogens with zero attached hydrogens (tertiary/aromatic N) is 2. The number of aryl methyl sites for hydroxylation is 1. The molecule has 5 nitrogen and oxygen atoms in total. The first-order valence-corrected chi connectivity index (χ1v) is 9.74. The minimum atomic E-state index is -0.468. The summed E-state index contributed by atoms with van der Waals surface area (Å²) in [5.41, 5.74) is 1.54. The number of oxime groups is 1. The fourth-order valence-electron chi connectivity index (χ4n) is 2.41. The van der Waals surface area contributed by atoms with Gasteiger partial charge in [-0.3, -0.25) is 4.98 Å². The number of thiocarbonyl (C=S) groups is 1. The highest BCUT2D eigenvalue weighted by Crippen LogP contribution is 2.26. The number of pyridine rings is 1. The van der Waals surface area contributed by atoms with E-state index in [4.69, 9.17) is 21.8 Å². The lowest BCUT2D eigenvalue weighted by Crippen LogP contribution is -2.48. The van der Waals surface area contributed by atoms with Crippen LogP contribution >= 0.6 is 28.1 Å². The van der Waals surface area contributed by atoms with E-state index in [0.717, 1.165) is 26.7 Å². The zero-order valence-corrected chi connectivity index (χ0v) is 18.4. The number of hydrogen-bond acceptors (Lipinski definition) is 5. The Bertz CT molecular complexity index is 868. The first-order valence-electron chi connectivity index (χ1n) is 8.54. The fraction of sp³-hybridized carbons (Fsp3) is 0.350. The Balaban J connectivity index is 2.06.